The van der Waals surface area contributed by atoms with Crippen LogP contribution >= 0.6 is 0 Å². The molecule has 1 aromatic heterocycles. The van der Waals surface area contributed by atoms with Crippen molar-refractivity contribution in [3.63, 3.8) is 0 Å². The van der Waals surface area contributed by atoms with Crippen LogP contribution in [-0.2, 0) is 0 Å². The lowest BCUT2D eigenvalue weighted by atomic mass is 10.1. The van der Waals surface area contributed by atoms with E-state index in [0.717, 1.165) is 5.56 Å². The molecule has 4 N–H and O–H groups in total. The summed E-state index contributed by atoms with van der Waals surface area (Å²) in [6, 6.07) is 4.63. The van der Waals surface area contributed by atoms with E-state index in [1.54, 1.807) is 19.9 Å². The highest BCUT2D eigenvalue weighted by Gasteiger charge is 2.19. The van der Waals surface area contributed by atoms with Gasteiger partial charge in [0.1, 0.15) is 11.3 Å². The number of rotatable bonds is 3. The van der Waals surface area contributed by atoms with E-state index in [2.05, 4.69) is 10.3 Å². The van der Waals surface area contributed by atoms with E-state index in [9.17, 15) is 14.7 Å². The molecule has 0 aliphatic carbocycles. The number of aromatic carboxylic acids is 1. The van der Waals surface area contributed by atoms with Gasteiger partial charge in [0.2, 0.25) is 0 Å². The van der Waals surface area contributed by atoms with E-state index in [-0.39, 0.29) is 22.6 Å². The summed E-state index contributed by atoms with van der Waals surface area (Å²) in [7, 11) is 0. The van der Waals surface area contributed by atoms with Crippen molar-refractivity contribution < 1.29 is 19.8 Å². The molecular weight excluding hydrogens is 260 g/mol. The molecule has 0 aliphatic rings. The van der Waals surface area contributed by atoms with Crippen molar-refractivity contribution in [3.8, 4) is 5.75 Å². The normalized spacial score (nSPS) is 10.3. The molecule has 0 fully saturated rings. The van der Waals surface area contributed by atoms with Gasteiger partial charge in [-0.15, -0.1) is 0 Å². The predicted molar refractivity (Wildman–Crippen MR) is 73.3 cm³/mol. The Labute approximate surface area is 115 Å². The lowest BCUT2D eigenvalue weighted by Gasteiger charge is -2.07. The van der Waals surface area contributed by atoms with E-state index in [1.165, 1.54) is 18.3 Å². The number of phenols is 1. The first-order valence-electron chi connectivity index (χ1n) is 5.92. The Morgan fingerprint density at radius 2 is 1.95 bits per heavy atom. The van der Waals surface area contributed by atoms with E-state index in [0.29, 0.717) is 5.69 Å². The summed E-state index contributed by atoms with van der Waals surface area (Å²) in [5, 5.41) is 21.3. The molecule has 6 heteroatoms. The van der Waals surface area contributed by atoms with Crippen molar-refractivity contribution in [1.82, 2.24) is 4.98 Å². The molecule has 1 amide bonds. The Bertz CT molecular complexity index is 688. The number of aromatic nitrogens is 1. The number of aryl methyl sites for hydroxylation is 2. The van der Waals surface area contributed by atoms with Crippen molar-refractivity contribution in [1.29, 1.82) is 0 Å². The molecule has 0 unspecified atom stereocenters. The first-order chi connectivity index (χ1) is 9.40. The fourth-order valence-electron chi connectivity index (χ4n) is 1.92. The fraction of sp³-hybridized carbons (Fsp3) is 0.143. The molecule has 2 aromatic rings. The number of carbonyl (C=O) groups excluding carboxylic acids is 1. The minimum Gasteiger partial charge on any atom is -0.507 e. The van der Waals surface area contributed by atoms with Crippen LogP contribution in [0.2, 0.25) is 0 Å². The Morgan fingerprint density at radius 3 is 2.60 bits per heavy atom. The van der Waals surface area contributed by atoms with Crippen molar-refractivity contribution >= 4 is 17.6 Å². The minimum absolute atomic E-state index is 0.00509. The highest BCUT2D eigenvalue weighted by atomic mass is 16.4. The zero-order valence-corrected chi connectivity index (χ0v) is 11.0. The number of carboxylic acid groups (broad SMARTS) is 1. The molecule has 0 saturated carbocycles. The fourth-order valence-corrected chi connectivity index (χ4v) is 1.92. The van der Waals surface area contributed by atoms with E-state index in [1.807, 2.05) is 0 Å². The van der Waals surface area contributed by atoms with Crippen LogP contribution in [0.1, 0.15) is 32.0 Å². The topological polar surface area (TPSA) is 102 Å². The number of phenolic OH excluding ortho intramolecular Hbond substituents is 1. The number of hydrogen-bond donors (Lipinski definition) is 4. The monoisotopic (exact) mass is 274 g/mol. The molecule has 20 heavy (non-hydrogen) atoms. The lowest BCUT2D eigenvalue weighted by molar-refractivity contribution is 0.0697. The third-order valence-electron chi connectivity index (χ3n) is 2.94. The minimum atomic E-state index is -1.13. The van der Waals surface area contributed by atoms with E-state index >= 15 is 0 Å². The van der Waals surface area contributed by atoms with Crippen LogP contribution in [0, 0.1) is 13.8 Å². The van der Waals surface area contributed by atoms with Gasteiger partial charge in [-0.3, -0.25) is 4.79 Å². The number of carboxylic acids is 1. The van der Waals surface area contributed by atoms with Gasteiger partial charge < -0.3 is 20.5 Å². The van der Waals surface area contributed by atoms with E-state index in [4.69, 9.17) is 5.11 Å². The predicted octanol–water partition coefficient (Wildman–Crippen LogP) is 2.29. The summed E-state index contributed by atoms with van der Waals surface area (Å²) in [5.74, 6) is -1.85. The zero-order valence-electron chi connectivity index (χ0n) is 11.0. The number of H-pyrrole nitrogens is 1. The summed E-state index contributed by atoms with van der Waals surface area (Å²) in [4.78, 5) is 26.0. The summed E-state index contributed by atoms with van der Waals surface area (Å²) < 4.78 is 0. The second-order valence-electron chi connectivity index (χ2n) is 4.48. The zero-order chi connectivity index (χ0) is 14.9. The number of aromatic amines is 1. The first kappa shape index (κ1) is 13.7. The molecule has 104 valence electrons. The molecule has 6 nitrogen and oxygen atoms in total. The van der Waals surface area contributed by atoms with Gasteiger partial charge in [-0.25, -0.2) is 4.79 Å². The van der Waals surface area contributed by atoms with Crippen LogP contribution in [-0.4, -0.2) is 27.1 Å². The molecule has 0 aliphatic heterocycles. The molecular formula is C14H14N2O4. The molecule has 0 bridgehead atoms. The number of benzene rings is 1. The molecule has 0 saturated heterocycles. The van der Waals surface area contributed by atoms with Crippen LogP contribution in [0.25, 0.3) is 0 Å². The Morgan fingerprint density at radius 1 is 1.25 bits per heavy atom. The Hall–Kier alpha value is -2.76. The van der Waals surface area contributed by atoms with Crippen molar-refractivity contribution in [2.45, 2.75) is 13.8 Å². The Kier molecular flexibility index (Phi) is 3.47. The maximum atomic E-state index is 12.1. The lowest BCUT2D eigenvalue weighted by Crippen LogP contribution is -2.14. The smallest absolute Gasteiger partial charge is 0.339 e. The van der Waals surface area contributed by atoms with Gasteiger partial charge >= 0.3 is 5.97 Å². The SMILES string of the molecule is Cc1ccc(O)c(C(=O)Nc2c[nH]c(C)c2C(=O)O)c1. The summed E-state index contributed by atoms with van der Waals surface area (Å²) in [6.07, 6.45) is 1.41. The van der Waals surface area contributed by atoms with Gasteiger partial charge in [0, 0.05) is 11.9 Å². The van der Waals surface area contributed by atoms with Crippen LogP contribution < -0.4 is 5.32 Å². The quantitative estimate of drug-likeness (QED) is 0.689. The largest absolute Gasteiger partial charge is 0.507 e. The molecule has 1 aromatic carbocycles. The number of hydrogen-bond acceptors (Lipinski definition) is 3. The number of carbonyl (C=O) groups is 2. The van der Waals surface area contributed by atoms with Gasteiger partial charge in [-0.2, -0.15) is 0 Å². The second kappa shape index (κ2) is 5.08. The second-order valence-corrected chi connectivity index (χ2v) is 4.48. The van der Waals surface area contributed by atoms with Gasteiger partial charge in [0.25, 0.3) is 5.91 Å². The first-order valence-corrected chi connectivity index (χ1v) is 5.92. The van der Waals surface area contributed by atoms with Crippen LogP contribution in [0.4, 0.5) is 5.69 Å². The summed E-state index contributed by atoms with van der Waals surface area (Å²) in [6.45, 7) is 3.39. The van der Waals surface area contributed by atoms with Crippen LogP contribution in [0.15, 0.2) is 24.4 Å². The highest BCUT2D eigenvalue weighted by Crippen LogP contribution is 2.23. The molecule has 0 atom stereocenters. The average molecular weight is 274 g/mol. The van der Waals surface area contributed by atoms with Crippen molar-refractivity contribution in [3.05, 3.63) is 46.8 Å². The number of anilines is 1. The van der Waals surface area contributed by atoms with E-state index < -0.39 is 11.9 Å². The number of nitrogens with one attached hydrogen (secondary N) is 2. The highest BCUT2D eigenvalue weighted by molar-refractivity contribution is 6.09. The third kappa shape index (κ3) is 2.49. The molecule has 0 spiro atoms. The number of aromatic hydroxyl groups is 1. The molecule has 2 rings (SSSR count). The summed E-state index contributed by atoms with van der Waals surface area (Å²) in [5.41, 5.74) is 1.53. The van der Waals surface area contributed by atoms with Crippen LogP contribution in [0.3, 0.4) is 0 Å². The van der Waals surface area contributed by atoms with Crippen molar-refractivity contribution in [2.75, 3.05) is 5.32 Å². The third-order valence-corrected chi connectivity index (χ3v) is 2.94. The number of amides is 1. The van der Waals surface area contributed by atoms with Gasteiger partial charge in [0.05, 0.1) is 11.3 Å². The van der Waals surface area contributed by atoms with Crippen LogP contribution in [0.5, 0.6) is 5.75 Å². The standard InChI is InChI=1S/C14H14N2O4/c1-7-3-4-11(17)9(5-7)13(18)16-10-6-15-8(2)12(10)14(19)20/h3-6,15,17H,1-2H3,(H,16,18)(H,19,20). The maximum Gasteiger partial charge on any atom is 0.339 e. The van der Waals surface area contributed by atoms with Crippen molar-refractivity contribution in [2.24, 2.45) is 0 Å². The average Bonchev–Trinajstić information content (AvgIpc) is 2.73. The van der Waals surface area contributed by atoms with Gasteiger partial charge in [-0.1, -0.05) is 11.6 Å². The Balaban J connectivity index is 2.33. The molecule has 1 heterocycles. The maximum absolute atomic E-state index is 12.1. The summed E-state index contributed by atoms with van der Waals surface area (Å²) >= 11 is 0. The molecule has 0 radical (unpaired) electrons. The van der Waals surface area contributed by atoms with Gasteiger partial charge in [0.15, 0.2) is 0 Å². The van der Waals surface area contributed by atoms with Gasteiger partial charge in [-0.05, 0) is 26.0 Å².